The van der Waals surface area contributed by atoms with Crippen molar-refractivity contribution in [3.05, 3.63) is 64.7 Å². The van der Waals surface area contributed by atoms with Gasteiger partial charge in [-0.2, -0.15) is 0 Å². The first-order valence-electron chi connectivity index (χ1n) is 9.49. The van der Waals surface area contributed by atoms with E-state index in [4.69, 9.17) is 0 Å². The normalized spacial score (nSPS) is 16.6. The van der Waals surface area contributed by atoms with Crippen molar-refractivity contribution in [1.82, 2.24) is 4.90 Å². The number of nitrogens with one attached hydrogen (secondary N) is 1. The van der Waals surface area contributed by atoms with Crippen molar-refractivity contribution in [2.75, 3.05) is 25.0 Å². The Hall–Kier alpha value is -2.79. The number of nitrogens with zero attached hydrogens (tertiary/aromatic N) is 1. The summed E-state index contributed by atoms with van der Waals surface area (Å²) >= 11 is 0. The molecule has 0 atom stereocenters. The summed E-state index contributed by atoms with van der Waals surface area (Å²) in [7, 11) is 0. The fourth-order valence-electron chi connectivity index (χ4n) is 3.90. The number of hydrogen-bond acceptors (Lipinski definition) is 4. The Balaban J connectivity index is 1.54. The Bertz CT molecular complexity index is 914. The summed E-state index contributed by atoms with van der Waals surface area (Å²) in [5.74, 6) is -0.523. The molecule has 27 heavy (non-hydrogen) atoms. The Morgan fingerprint density at radius 3 is 2.26 bits per heavy atom. The van der Waals surface area contributed by atoms with Crippen LogP contribution < -0.4 is 5.32 Å². The largest absolute Gasteiger partial charge is 0.325 e. The topological polar surface area (TPSA) is 66.5 Å². The van der Waals surface area contributed by atoms with E-state index in [2.05, 4.69) is 10.2 Å². The minimum Gasteiger partial charge on any atom is -0.325 e. The van der Waals surface area contributed by atoms with E-state index >= 15 is 0 Å². The maximum Gasteiger partial charge on any atom is 0.225 e. The molecule has 4 rings (SSSR count). The van der Waals surface area contributed by atoms with Crippen LogP contribution in [0.15, 0.2) is 42.5 Å². The molecule has 1 amide bonds. The van der Waals surface area contributed by atoms with Crippen LogP contribution in [0, 0.1) is 0 Å². The fourth-order valence-corrected chi connectivity index (χ4v) is 3.90. The summed E-state index contributed by atoms with van der Waals surface area (Å²) in [5.41, 5.74) is 1.89. The summed E-state index contributed by atoms with van der Waals surface area (Å²) < 4.78 is 0. The molecule has 2 aromatic carbocycles. The van der Waals surface area contributed by atoms with Crippen molar-refractivity contribution in [3.8, 4) is 0 Å². The first kappa shape index (κ1) is 17.6. The average molecular weight is 362 g/mol. The molecule has 0 aromatic heterocycles. The van der Waals surface area contributed by atoms with Gasteiger partial charge in [0, 0.05) is 29.7 Å². The Morgan fingerprint density at radius 1 is 0.852 bits per heavy atom. The molecule has 1 aliphatic heterocycles. The van der Waals surface area contributed by atoms with Crippen LogP contribution in [0.4, 0.5) is 5.69 Å². The van der Waals surface area contributed by atoms with Gasteiger partial charge in [0.2, 0.25) is 5.91 Å². The zero-order chi connectivity index (χ0) is 18.8. The fraction of sp³-hybridized carbons (Fsp3) is 0.318. The third-order valence-corrected chi connectivity index (χ3v) is 5.33. The summed E-state index contributed by atoms with van der Waals surface area (Å²) in [4.78, 5) is 40.4. The molecule has 1 heterocycles. The second kappa shape index (κ2) is 7.45. The zero-order valence-electron chi connectivity index (χ0n) is 15.2. The van der Waals surface area contributed by atoms with Gasteiger partial charge >= 0.3 is 0 Å². The molecule has 0 bridgehead atoms. The maximum atomic E-state index is 12.9. The van der Waals surface area contributed by atoms with E-state index in [9.17, 15) is 14.4 Å². The molecule has 1 saturated heterocycles. The van der Waals surface area contributed by atoms with Crippen molar-refractivity contribution in [2.24, 2.45) is 0 Å². The summed E-state index contributed by atoms with van der Waals surface area (Å²) in [6.45, 7) is 2.80. The quantitative estimate of drug-likeness (QED) is 0.773. The van der Waals surface area contributed by atoms with Crippen molar-refractivity contribution in [3.63, 3.8) is 0 Å². The highest BCUT2D eigenvalue weighted by molar-refractivity contribution is 6.30. The molecule has 0 radical (unpaired) electrons. The van der Waals surface area contributed by atoms with Crippen LogP contribution in [0.1, 0.15) is 57.5 Å². The van der Waals surface area contributed by atoms with Gasteiger partial charge in [0.1, 0.15) is 0 Å². The lowest BCUT2D eigenvalue weighted by atomic mass is 9.83. The van der Waals surface area contributed by atoms with Gasteiger partial charge in [-0.05, 0) is 32.0 Å². The second-order valence-electron chi connectivity index (χ2n) is 7.13. The number of rotatable bonds is 4. The van der Waals surface area contributed by atoms with Crippen LogP contribution in [-0.2, 0) is 4.79 Å². The molecule has 1 aliphatic carbocycles. The van der Waals surface area contributed by atoms with Gasteiger partial charge in [0.25, 0.3) is 0 Å². The van der Waals surface area contributed by atoms with E-state index in [1.807, 2.05) is 0 Å². The van der Waals surface area contributed by atoms with Crippen LogP contribution in [-0.4, -0.2) is 42.0 Å². The van der Waals surface area contributed by atoms with Crippen LogP contribution in [0.5, 0.6) is 0 Å². The van der Waals surface area contributed by atoms with E-state index in [-0.39, 0.29) is 17.5 Å². The minimum atomic E-state index is -0.216. The second-order valence-corrected chi connectivity index (χ2v) is 7.13. The third kappa shape index (κ3) is 3.43. The van der Waals surface area contributed by atoms with Crippen LogP contribution in [0.2, 0.25) is 0 Å². The molecular weight excluding hydrogens is 340 g/mol. The molecule has 0 spiro atoms. The number of anilines is 1. The maximum absolute atomic E-state index is 12.9. The number of hydrogen-bond donors (Lipinski definition) is 1. The van der Waals surface area contributed by atoms with Crippen LogP contribution in [0.25, 0.3) is 0 Å². The van der Waals surface area contributed by atoms with Crippen LogP contribution in [0.3, 0.4) is 0 Å². The van der Waals surface area contributed by atoms with Gasteiger partial charge in [-0.1, -0.05) is 42.8 Å². The van der Waals surface area contributed by atoms with E-state index in [0.29, 0.717) is 34.4 Å². The number of piperidine rings is 1. The number of carbonyl (C=O) groups excluding carboxylic acids is 3. The SMILES string of the molecule is O=C(CCN1CCCCC1)Nc1cccc2c1C(=O)c1ccccc1C2=O. The molecule has 2 aliphatic rings. The number of amides is 1. The lowest BCUT2D eigenvalue weighted by Gasteiger charge is -2.26. The summed E-state index contributed by atoms with van der Waals surface area (Å²) in [6, 6.07) is 11.9. The smallest absolute Gasteiger partial charge is 0.225 e. The van der Waals surface area contributed by atoms with Gasteiger partial charge in [-0.15, -0.1) is 0 Å². The van der Waals surface area contributed by atoms with Crippen LogP contribution >= 0.6 is 0 Å². The van der Waals surface area contributed by atoms with E-state index in [0.717, 1.165) is 19.6 Å². The molecule has 1 N–H and O–H groups in total. The molecule has 5 nitrogen and oxygen atoms in total. The van der Waals surface area contributed by atoms with Gasteiger partial charge in [-0.3, -0.25) is 14.4 Å². The van der Waals surface area contributed by atoms with Gasteiger partial charge < -0.3 is 10.2 Å². The highest BCUT2D eigenvalue weighted by Crippen LogP contribution is 2.31. The van der Waals surface area contributed by atoms with E-state index in [1.165, 1.54) is 19.3 Å². The Labute approximate surface area is 158 Å². The summed E-state index contributed by atoms with van der Waals surface area (Å²) in [6.07, 6.45) is 4.01. The molecule has 0 unspecified atom stereocenters. The minimum absolute atomic E-state index is 0.131. The standard InChI is InChI=1S/C22H22N2O3/c25-19(11-14-24-12-4-1-5-13-24)23-18-10-6-9-17-20(18)22(27)16-8-3-2-7-15(16)21(17)26/h2-3,6-10H,1,4-5,11-14H2,(H,23,25). The van der Waals surface area contributed by atoms with Crippen molar-refractivity contribution >= 4 is 23.2 Å². The number of carbonyl (C=O) groups is 3. The predicted molar refractivity (Wildman–Crippen MR) is 103 cm³/mol. The third-order valence-electron chi connectivity index (χ3n) is 5.33. The van der Waals surface area contributed by atoms with Gasteiger partial charge in [0.05, 0.1) is 11.3 Å². The van der Waals surface area contributed by atoms with E-state index in [1.54, 1.807) is 42.5 Å². The first-order chi connectivity index (χ1) is 13.1. The van der Waals surface area contributed by atoms with Crippen molar-refractivity contribution in [1.29, 1.82) is 0 Å². The first-order valence-corrected chi connectivity index (χ1v) is 9.49. The monoisotopic (exact) mass is 362 g/mol. The highest BCUT2D eigenvalue weighted by Gasteiger charge is 2.31. The van der Waals surface area contributed by atoms with E-state index < -0.39 is 0 Å². The number of likely N-dealkylation sites (tertiary alicyclic amines) is 1. The lowest BCUT2D eigenvalue weighted by Crippen LogP contribution is -2.32. The average Bonchev–Trinajstić information content (AvgIpc) is 2.71. The Morgan fingerprint density at radius 2 is 1.52 bits per heavy atom. The lowest BCUT2D eigenvalue weighted by molar-refractivity contribution is -0.116. The molecular formula is C22H22N2O3. The molecule has 138 valence electrons. The number of benzene rings is 2. The van der Waals surface area contributed by atoms with Gasteiger partial charge in [-0.25, -0.2) is 0 Å². The number of ketones is 2. The highest BCUT2D eigenvalue weighted by atomic mass is 16.2. The molecule has 5 heteroatoms. The Kier molecular flexibility index (Phi) is 4.86. The molecule has 1 fully saturated rings. The summed E-state index contributed by atoms with van der Waals surface area (Å²) in [5, 5.41) is 2.85. The zero-order valence-corrected chi connectivity index (χ0v) is 15.2. The van der Waals surface area contributed by atoms with Crippen molar-refractivity contribution in [2.45, 2.75) is 25.7 Å². The molecule has 2 aromatic rings. The van der Waals surface area contributed by atoms with Gasteiger partial charge in [0.15, 0.2) is 11.6 Å². The number of fused-ring (bicyclic) bond motifs is 2. The molecule has 0 saturated carbocycles. The van der Waals surface area contributed by atoms with Crippen molar-refractivity contribution < 1.29 is 14.4 Å². The predicted octanol–water partition coefficient (Wildman–Crippen LogP) is 3.28.